The summed E-state index contributed by atoms with van der Waals surface area (Å²) in [6, 6.07) is 7.87. The summed E-state index contributed by atoms with van der Waals surface area (Å²) in [6.07, 6.45) is 2.57. The number of nitrogens with one attached hydrogen (secondary N) is 1. The summed E-state index contributed by atoms with van der Waals surface area (Å²) in [7, 11) is 0. The van der Waals surface area contributed by atoms with Gasteiger partial charge in [0.25, 0.3) is 5.91 Å². The Morgan fingerprint density at radius 3 is 2.70 bits per heavy atom. The molecule has 0 spiro atoms. The minimum absolute atomic E-state index is 0.0493. The summed E-state index contributed by atoms with van der Waals surface area (Å²) in [4.78, 5) is 14.5. The smallest absolute Gasteiger partial charge is 0.251 e. The van der Waals surface area contributed by atoms with Crippen LogP contribution in [0.25, 0.3) is 0 Å². The molecule has 0 saturated carbocycles. The first-order chi connectivity index (χ1) is 9.44. The molecule has 1 aliphatic rings. The van der Waals surface area contributed by atoms with Gasteiger partial charge in [-0.2, -0.15) is 0 Å². The predicted molar refractivity (Wildman–Crippen MR) is 81.6 cm³/mol. The quantitative estimate of drug-likeness (QED) is 0.860. The largest absolute Gasteiger partial charge is 0.350 e. The number of hydrogen-bond acceptors (Lipinski definition) is 3. The van der Waals surface area contributed by atoms with Gasteiger partial charge in [-0.3, -0.25) is 9.69 Å². The van der Waals surface area contributed by atoms with E-state index in [1.165, 1.54) is 18.4 Å². The fourth-order valence-electron chi connectivity index (χ4n) is 2.42. The fourth-order valence-corrected chi connectivity index (χ4v) is 2.42. The van der Waals surface area contributed by atoms with Crippen molar-refractivity contribution in [1.82, 2.24) is 10.2 Å². The van der Waals surface area contributed by atoms with Gasteiger partial charge in [-0.15, -0.1) is 0 Å². The number of benzene rings is 1. The third-order valence-corrected chi connectivity index (χ3v) is 3.50. The lowest BCUT2D eigenvalue weighted by Crippen LogP contribution is -2.45. The third-order valence-electron chi connectivity index (χ3n) is 3.50. The van der Waals surface area contributed by atoms with E-state index in [4.69, 9.17) is 5.73 Å². The number of carbonyl (C=O) groups excluding carboxylic acids is 1. The Morgan fingerprint density at radius 1 is 1.35 bits per heavy atom. The zero-order valence-corrected chi connectivity index (χ0v) is 12.5. The van der Waals surface area contributed by atoms with Gasteiger partial charge in [-0.25, -0.2) is 0 Å². The SMILES string of the molecule is CC(C)(N)CNC(=O)c1cccc(CN2CCCC2)c1. The van der Waals surface area contributed by atoms with E-state index in [-0.39, 0.29) is 11.4 Å². The topological polar surface area (TPSA) is 58.4 Å². The molecule has 1 heterocycles. The minimum Gasteiger partial charge on any atom is -0.350 e. The average molecular weight is 275 g/mol. The second-order valence-corrected chi connectivity index (χ2v) is 6.35. The van der Waals surface area contributed by atoms with Crippen LogP contribution in [0, 0.1) is 0 Å². The van der Waals surface area contributed by atoms with Gasteiger partial charge in [0.2, 0.25) is 0 Å². The van der Waals surface area contributed by atoms with Crippen molar-refractivity contribution in [2.75, 3.05) is 19.6 Å². The van der Waals surface area contributed by atoms with E-state index in [1.54, 1.807) is 0 Å². The van der Waals surface area contributed by atoms with Crippen molar-refractivity contribution in [3.63, 3.8) is 0 Å². The van der Waals surface area contributed by atoms with E-state index >= 15 is 0 Å². The molecule has 110 valence electrons. The van der Waals surface area contributed by atoms with Gasteiger partial charge in [-0.1, -0.05) is 12.1 Å². The summed E-state index contributed by atoms with van der Waals surface area (Å²) in [5, 5.41) is 2.88. The lowest BCUT2D eigenvalue weighted by Gasteiger charge is -2.19. The van der Waals surface area contributed by atoms with Crippen LogP contribution in [-0.4, -0.2) is 36.0 Å². The summed E-state index contributed by atoms with van der Waals surface area (Å²) < 4.78 is 0. The zero-order valence-electron chi connectivity index (χ0n) is 12.5. The van der Waals surface area contributed by atoms with Crippen molar-refractivity contribution < 1.29 is 4.79 Å². The Hall–Kier alpha value is -1.39. The van der Waals surface area contributed by atoms with Crippen LogP contribution in [0.4, 0.5) is 0 Å². The molecule has 0 radical (unpaired) electrons. The van der Waals surface area contributed by atoms with Gasteiger partial charge in [0, 0.05) is 24.2 Å². The van der Waals surface area contributed by atoms with Crippen molar-refractivity contribution in [3.8, 4) is 0 Å². The second-order valence-electron chi connectivity index (χ2n) is 6.35. The van der Waals surface area contributed by atoms with Gasteiger partial charge in [0.05, 0.1) is 0 Å². The van der Waals surface area contributed by atoms with Crippen LogP contribution < -0.4 is 11.1 Å². The summed E-state index contributed by atoms with van der Waals surface area (Å²) >= 11 is 0. The molecule has 4 nitrogen and oxygen atoms in total. The molecule has 0 bridgehead atoms. The van der Waals surface area contributed by atoms with Crippen molar-refractivity contribution in [2.24, 2.45) is 5.73 Å². The number of nitrogens with two attached hydrogens (primary N) is 1. The molecule has 0 unspecified atom stereocenters. The number of rotatable bonds is 5. The van der Waals surface area contributed by atoms with Crippen molar-refractivity contribution in [3.05, 3.63) is 35.4 Å². The van der Waals surface area contributed by atoms with E-state index < -0.39 is 0 Å². The van der Waals surface area contributed by atoms with E-state index in [9.17, 15) is 4.79 Å². The molecule has 1 amide bonds. The Bertz CT molecular complexity index is 459. The first kappa shape index (κ1) is 15.0. The molecular formula is C16H25N3O. The van der Waals surface area contributed by atoms with Gasteiger partial charge < -0.3 is 11.1 Å². The molecular weight excluding hydrogens is 250 g/mol. The van der Waals surface area contributed by atoms with Gasteiger partial charge in [-0.05, 0) is 57.5 Å². The lowest BCUT2D eigenvalue weighted by molar-refractivity contribution is 0.0946. The summed E-state index contributed by atoms with van der Waals surface area (Å²) in [5.41, 5.74) is 7.41. The van der Waals surface area contributed by atoms with E-state index in [2.05, 4.69) is 16.3 Å². The fraction of sp³-hybridized carbons (Fsp3) is 0.562. The Kier molecular flexibility index (Phi) is 4.78. The molecule has 1 aliphatic heterocycles. The predicted octanol–water partition coefficient (Wildman–Crippen LogP) is 1.75. The van der Waals surface area contributed by atoms with E-state index in [0.717, 1.165) is 19.6 Å². The lowest BCUT2D eigenvalue weighted by atomic mass is 10.1. The molecule has 20 heavy (non-hydrogen) atoms. The molecule has 0 atom stereocenters. The van der Waals surface area contributed by atoms with Gasteiger partial charge >= 0.3 is 0 Å². The Labute approximate surface area is 121 Å². The highest BCUT2D eigenvalue weighted by Gasteiger charge is 2.15. The first-order valence-corrected chi connectivity index (χ1v) is 7.32. The van der Waals surface area contributed by atoms with Crippen LogP contribution in [0.2, 0.25) is 0 Å². The highest BCUT2D eigenvalue weighted by molar-refractivity contribution is 5.94. The van der Waals surface area contributed by atoms with E-state index in [0.29, 0.717) is 12.1 Å². The number of nitrogens with zero attached hydrogens (tertiary/aromatic N) is 1. The van der Waals surface area contributed by atoms with Crippen molar-refractivity contribution >= 4 is 5.91 Å². The maximum atomic E-state index is 12.1. The minimum atomic E-state index is -0.386. The highest BCUT2D eigenvalue weighted by Crippen LogP contribution is 2.14. The normalized spacial score (nSPS) is 16.4. The van der Waals surface area contributed by atoms with Gasteiger partial charge in [0.1, 0.15) is 0 Å². The summed E-state index contributed by atoms with van der Waals surface area (Å²) in [5.74, 6) is -0.0493. The number of carbonyl (C=O) groups is 1. The molecule has 0 aromatic heterocycles. The molecule has 1 aromatic carbocycles. The van der Waals surface area contributed by atoms with Crippen molar-refractivity contribution in [2.45, 2.75) is 38.8 Å². The molecule has 1 aromatic rings. The standard InChI is InChI=1S/C16H25N3O/c1-16(2,17)12-18-15(20)14-7-5-6-13(10-14)11-19-8-3-4-9-19/h5-7,10H,3-4,8-9,11-12,17H2,1-2H3,(H,18,20). The number of likely N-dealkylation sites (tertiary alicyclic amines) is 1. The van der Waals surface area contributed by atoms with Crippen LogP contribution in [0.3, 0.4) is 0 Å². The molecule has 1 fully saturated rings. The van der Waals surface area contributed by atoms with Gasteiger partial charge in [0.15, 0.2) is 0 Å². The molecule has 1 saturated heterocycles. The Balaban J connectivity index is 1.96. The average Bonchev–Trinajstić information content (AvgIpc) is 2.88. The summed E-state index contributed by atoms with van der Waals surface area (Å²) in [6.45, 7) is 7.54. The zero-order chi connectivity index (χ0) is 14.6. The van der Waals surface area contributed by atoms with Crippen molar-refractivity contribution in [1.29, 1.82) is 0 Å². The van der Waals surface area contributed by atoms with Crippen LogP contribution in [0.5, 0.6) is 0 Å². The number of hydrogen-bond donors (Lipinski definition) is 2. The second kappa shape index (κ2) is 6.37. The van der Waals surface area contributed by atoms with Crippen LogP contribution in [0.15, 0.2) is 24.3 Å². The maximum absolute atomic E-state index is 12.1. The van der Waals surface area contributed by atoms with Crippen LogP contribution in [-0.2, 0) is 6.54 Å². The molecule has 2 rings (SSSR count). The van der Waals surface area contributed by atoms with Crippen LogP contribution in [0.1, 0.15) is 42.6 Å². The maximum Gasteiger partial charge on any atom is 0.251 e. The molecule has 0 aliphatic carbocycles. The Morgan fingerprint density at radius 2 is 2.05 bits per heavy atom. The number of amides is 1. The first-order valence-electron chi connectivity index (χ1n) is 7.32. The molecule has 4 heteroatoms. The van der Waals surface area contributed by atoms with Crippen LogP contribution >= 0.6 is 0 Å². The monoisotopic (exact) mass is 275 g/mol. The molecule has 3 N–H and O–H groups in total. The third kappa shape index (κ3) is 4.62. The highest BCUT2D eigenvalue weighted by atomic mass is 16.1. The van der Waals surface area contributed by atoms with E-state index in [1.807, 2.05) is 32.0 Å².